The Morgan fingerprint density at radius 3 is 2.27 bits per heavy atom. The Bertz CT molecular complexity index is 473. The lowest BCUT2D eigenvalue weighted by atomic mass is 9.70. The molecule has 2 bridgehead atoms. The molecule has 124 valence electrons. The van der Waals surface area contributed by atoms with Crippen molar-refractivity contribution in [3.8, 4) is 0 Å². The molecule has 22 heavy (non-hydrogen) atoms. The van der Waals surface area contributed by atoms with E-state index in [0.717, 1.165) is 32.1 Å². The van der Waals surface area contributed by atoms with Crippen molar-refractivity contribution in [1.29, 1.82) is 0 Å². The molecule has 0 aromatic heterocycles. The SMILES string of the molecule is CC1CC(NC(=O)C2C3CCC(C3)C2C(=O)O)CC(C)(C)C1. The molecule has 4 heteroatoms. The Morgan fingerprint density at radius 1 is 1.05 bits per heavy atom. The Hall–Kier alpha value is -1.06. The minimum atomic E-state index is -0.773. The predicted molar refractivity (Wildman–Crippen MR) is 84.2 cm³/mol. The quantitative estimate of drug-likeness (QED) is 0.842. The first-order chi connectivity index (χ1) is 10.3. The number of carbonyl (C=O) groups excluding carboxylic acids is 1. The molecule has 0 aliphatic heterocycles. The summed E-state index contributed by atoms with van der Waals surface area (Å²) in [6.07, 6.45) is 6.17. The molecule has 0 saturated heterocycles. The maximum absolute atomic E-state index is 12.8. The Kier molecular flexibility index (Phi) is 3.98. The molecule has 0 radical (unpaired) electrons. The molecule has 0 aromatic carbocycles. The van der Waals surface area contributed by atoms with Crippen molar-refractivity contribution in [3.05, 3.63) is 0 Å². The minimum absolute atomic E-state index is 0.00880. The topological polar surface area (TPSA) is 66.4 Å². The highest BCUT2D eigenvalue weighted by atomic mass is 16.4. The van der Waals surface area contributed by atoms with Crippen LogP contribution in [-0.2, 0) is 9.59 Å². The van der Waals surface area contributed by atoms with Crippen molar-refractivity contribution in [1.82, 2.24) is 5.32 Å². The van der Waals surface area contributed by atoms with E-state index < -0.39 is 11.9 Å². The van der Waals surface area contributed by atoms with Crippen molar-refractivity contribution in [2.45, 2.75) is 65.3 Å². The fourth-order valence-corrected chi connectivity index (χ4v) is 5.78. The number of nitrogens with one attached hydrogen (secondary N) is 1. The van der Waals surface area contributed by atoms with Crippen molar-refractivity contribution >= 4 is 11.9 Å². The number of hydrogen-bond acceptors (Lipinski definition) is 2. The van der Waals surface area contributed by atoms with Crippen LogP contribution < -0.4 is 5.32 Å². The lowest BCUT2D eigenvalue weighted by Crippen LogP contribution is -2.48. The maximum atomic E-state index is 12.8. The van der Waals surface area contributed by atoms with Crippen LogP contribution in [-0.4, -0.2) is 23.0 Å². The zero-order valence-corrected chi connectivity index (χ0v) is 14.0. The van der Waals surface area contributed by atoms with E-state index in [1.807, 2.05) is 0 Å². The molecule has 3 aliphatic rings. The maximum Gasteiger partial charge on any atom is 0.307 e. The highest BCUT2D eigenvalue weighted by molar-refractivity contribution is 5.86. The molecule has 4 nitrogen and oxygen atoms in total. The van der Waals surface area contributed by atoms with Gasteiger partial charge in [-0.2, -0.15) is 0 Å². The summed E-state index contributed by atoms with van der Waals surface area (Å²) in [5, 5.41) is 12.7. The molecule has 6 atom stereocenters. The molecule has 2 N–H and O–H groups in total. The first kappa shape index (κ1) is 15.8. The van der Waals surface area contributed by atoms with Gasteiger partial charge in [-0.15, -0.1) is 0 Å². The summed E-state index contributed by atoms with van der Waals surface area (Å²) < 4.78 is 0. The lowest BCUT2D eigenvalue weighted by Gasteiger charge is -2.40. The van der Waals surface area contributed by atoms with Crippen LogP contribution >= 0.6 is 0 Å². The molecule has 3 fully saturated rings. The number of carboxylic acid groups (broad SMARTS) is 1. The zero-order chi connectivity index (χ0) is 16.1. The van der Waals surface area contributed by atoms with Crippen molar-refractivity contribution in [2.75, 3.05) is 0 Å². The minimum Gasteiger partial charge on any atom is -0.481 e. The van der Waals surface area contributed by atoms with Crippen LogP contribution in [0.3, 0.4) is 0 Å². The monoisotopic (exact) mass is 307 g/mol. The number of fused-ring (bicyclic) bond motifs is 2. The van der Waals surface area contributed by atoms with Gasteiger partial charge >= 0.3 is 5.97 Å². The third-order valence-corrected chi connectivity index (χ3v) is 6.24. The van der Waals surface area contributed by atoms with Gasteiger partial charge in [0.1, 0.15) is 0 Å². The highest BCUT2D eigenvalue weighted by Crippen LogP contribution is 2.52. The third-order valence-electron chi connectivity index (χ3n) is 6.24. The largest absolute Gasteiger partial charge is 0.481 e. The molecule has 0 heterocycles. The number of carboxylic acids is 1. The van der Waals surface area contributed by atoms with Crippen LogP contribution in [0.1, 0.15) is 59.3 Å². The molecular formula is C18H29NO3. The molecule has 3 rings (SSSR count). The van der Waals surface area contributed by atoms with E-state index >= 15 is 0 Å². The summed E-state index contributed by atoms with van der Waals surface area (Å²) in [6.45, 7) is 6.77. The Morgan fingerprint density at radius 2 is 1.68 bits per heavy atom. The van der Waals surface area contributed by atoms with E-state index in [9.17, 15) is 14.7 Å². The number of carbonyl (C=O) groups is 2. The fraction of sp³-hybridized carbons (Fsp3) is 0.889. The standard InChI is InChI=1S/C18H29NO3/c1-10-6-13(9-18(2,3)8-10)19-16(20)14-11-4-5-12(7-11)15(14)17(21)22/h10-15H,4-9H2,1-3H3,(H,19,20)(H,21,22). The number of hydrogen-bond donors (Lipinski definition) is 2. The molecule has 3 saturated carbocycles. The van der Waals surface area contributed by atoms with Gasteiger partial charge in [0.15, 0.2) is 0 Å². The summed E-state index contributed by atoms with van der Waals surface area (Å²) in [6, 6.07) is 0.208. The van der Waals surface area contributed by atoms with Gasteiger partial charge in [-0.3, -0.25) is 9.59 Å². The zero-order valence-electron chi connectivity index (χ0n) is 14.0. The van der Waals surface area contributed by atoms with E-state index in [0.29, 0.717) is 11.8 Å². The van der Waals surface area contributed by atoms with Crippen molar-refractivity contribution in [3.63, 3.8) is 0 Å². The number of amides is 1. The number of aliphatic carboxylic acids is 1. The first-order valence-electron chi connectivity index (χ1n) is 8.80. The smallest absolute Gasteiger partial charge is 0.307 e. The van der Waals surface area contributed by atoms with Gasteiger partial charge in [0.05, 0.1) is 11.8 Å². The Labute approximate surface area is 133 Å². The van der Waals surface area contributed by atoms with Gasteiger partial charge in [0.25, 0.3) is 0 Å². The highest BCUT2D eigenvalue weighted by Gasteiger charge is 2.54. The molecule has 0 aromatic rings. The van der Waals surface area contributed by atoms with Crippen LogP contribution in [0.25, 0.3) is 0 Å². The third kappa shape index (κ3) is 2.89. The first-order valence-corrected chi connectivity index (χ1v) is 8.80. The van der Waals surface area contributed by atoms with Gasteiger partial charge < -0.3 is 10.4 Å². The predicted octanol–water partition coefficient (Wildman–Crippen LogP) is 3.06. The summed E-state index contributed by atoms with van der Waals surface area (Å²) in [5.74, 6) is -0.381. The number of rotatable bonds is 3. The second-order valence-electron chi connectivity index (χ2n) is 8.84. The van der Waals surface area contributed by atoms with Crippen molar-refractivity contribution in [2.24, 2.45) is 35.0 Å². The second kappa shape index (κ2) is 5.54. The van der Waals surface area contributed by atoms with E-state index in [-0.39, 0.29) is 29.2 Å². The molecule has 3 aliphatic carbocycles. The fourth-order valence-electron chi connectivity index (χ4n) is 5.78. The van der Waals surface area contributed by atoms with E-state index in [2.05, 4.69) is 26.1 Å². The van der Waals surface area contributed by atoms with Crippen LogP contribution in [0.4, 0.5) is 0 Å². The van der Waals surface area contributed by atoms with Crippen LogP contribution in [0.15, 0.2) is 0 Å². The molecular weight excluding hydrogens is 278 g/mol. The van der Waals surface area contributed by atoms with Gasteiger partial charge in [-0.1, -0.05) is 20.8 Å². The van der Waals surface area contributed by atoms with Crippen LogP contribution in [0.2, 0.25) is 0 Å². The van der Waals surface area contributed by atoms with E-state index in [1.165, 1.54) is 6.42 Å². The van der Waals surface area contributed by atoms with Gasteiger partial charge in [-0.05, 0) is 61.7 Å². The lowest BCUT2D eigenvalue weighted by molar-refractivity contribution is -0.149. The van der Waals surface area contributed by atoms with Crippen molar-refractivity contribution < 1.29 is 14.7 Å². The summed E-state index contributed by atoms with van der Waals surface area (Å²) in [7, 11) is 0. The molecule has 0 spiro atoms. The summed E-state index contributed by atoms with van der Waals surface area (Å²) in [5.41, 5.74) is 0.260. The van der Waals surface area contributed by atoms with E-state index in [1.54, 1.807) is 0 Å². The van der Waals surface area contributed by atoms with E-state index in [4.69, 9.17) is 0 Å². The normalized spacial score (nSPS) is 43.0. The molecule has 6 unspecified atom stereocenters. The van der Waals surface area contributed by atoms with Crippen LogP contribution in [0.5, 0.6) is 0 Å². The average Bonchev–Trinajstić information content (AvgIpc) is 2.95. The summed E-state index contributed by atoms with van der Waals surface area (Å²) in [4.78, 5) is 24.3. The van der Waals surface area contributed by atoms with Gasteiger partial charge in [0.2, 0.25) is 5.91 Å². The Balaban J connectivity index is 1.68. The van der Waals surface area contributed by atoms with Gasteiger partial charge in [-0.25, -0.2) is 0 Å². The molecule has 1 amide bonds. The summed E-state index contributed by atoms with van der Waals surface area (Å²) >= 11 is 0. The second-order valence-corrected chi connectivity index (χ2v) is 8.84. The van der Waals surface area contributed by atoms with Gasteiger partial charge in [0, 0.05) is 6.04 Å². The van der Waals surface area contributed by atoms with Crippen LogP contribution in [0, 0.1) is 35.0 Å². The average molecular weight is 307 g/mol.